The van der Waals surface area contributed by atoms with Gasteiger partial charge in [-0.3, -0.25) is 4.79 Å². The fourth-order valence-electron chi connectivity index (χ4n) is 0.982. The van der Waals surface area contributed by atoms with Crippen LogP contribution < -0.4 is 5.14 Å². The van der Waals surface area contributed by atoms with Gasteiger partial charge in [0.1, 0.15) is 6.29 Å². The van der Waals surface area contributed by atoms with Crippen molar-refractivity contribution in [1.82, 2.24) is 0 Å². The minimum Gasteiger partial charge on any atom is -0.298 e. The number of hydrogen-bond donors (Lipinski definition) is 1. The van der Waals surface area contributed by atoms with Crippen LogP contribution in [0, 0.1) is 12.3 Å². The molecule has 1 rings (SSSR count). The number of terminal acetylenes is 1. The summed E-state index contributed by atoms with van der Waals surface area (Å²) in [5.74, 6) is 2.16. The molecule has 0 unspecified atom stereocenters. The van der Waals surface area contributed by atoms with Crippen LogP contribution in [0.4, 0.5) is 0 Å². The summed E-state index contributed by atoms with van der Waals surface area (Å²) in [7, 11) is -3.83. The Labute approximate surface area is 81.8 Å². The van der Waals surface area contributed by atoms with E-state index in [0.717, 1.165) is 0 Å². The van der Waals surface area contributed by atoms with E-state index in [1.807, 2.05) is 0 Å². The molecule has 0 amide bonds. The molecule has 0 aliphatic heterocycles. The largest absolute Gasteiger partial charge is 0.298 e. The van der Waals surface area contributed by atoms with E-state index in [4.69, 9.17) is 11.6 Å². The van der Waals surface area contributed by atoms with Gasteiger partial charge in [-0.1, -0.05) is 12.0 Å². The van der Waals surface area contributed by atoms with Crippen molar-refractivity contribution >= 4 is 16.3 Å². The molecule has 5 heteroatoms. The maximum Gasteiger partial charge on any atom is 0.239 e. The second kappa shape index (κ2) is 3.62. The predicted molar refractivity (Wildman–Crippen MR) is 51.1 cm³/mol. The Bertz CT molecular complexity index is 511. The number of rotatable bonds is 2. The molecule has 72 valence electrons. The van der Waals surface area contributed by atoms with E-state index in [0.29, 0.717) is 11.8 Å². The first-order chi connectivity index (χ1) is 6.49. The average molecular weight is 209 g/mol. The molecule has 0 atom stereocenters. The number of aldehydes is 1. The molecule has 1 aromatic rings. The fraction of sp³-hybridized carbons (Fsp3) is 0. The second-order valence-electron chi connectivity index (χ2n) is 2.56. The van der Waals surface area contributed by atoms with Gasteiger partial charge in [-0.2, -0.15) is 0 Å². The summed E-state index contributed by atoms with van der Waals surface area (Å²) in [6, 6.07) is 3.86. The lowest BCUT2D eigenvalue weighted by atomic mass is 10.1. The molecular weight excluding hydrogens is 202 g/mol. The molecule has 0 bridgehead atoms. The summed E-state index contributed by atoms with van der Waals surface area (Å²) in [4.78, 5) is 10.2. The molecule has 14 heavy (non-hydrogen) atoms. The number of primary sulfonamides is 1. The highest BCUT2D eigenvalue weighted by Gasteiger charge is 2.12. The first-order valence-corrected chi connectivity index (χ1v) is 5.12. The zero-order valence-corrected chi connectivity index (χ0v) is 7.91. The van der Waals surface area contributed by atoms with Gasteiger partial charge < -0.3 is 0 Å². The van der Waals surface area contributed by atoms with Crippen LogP contribution in [0.25, 0.3) is 0 Å². The number of nitrogens with two attached hydrogens (primary N) is 1. The predicted octanol–water partition coefficient (Wildman–Crippen LogP) is 0.128. The Kier molecular flexibility index (Phi) is 2.70. The maximum absolute atomic E-state index is 11.0. The van der Waals surface area contributed by atoms with Crippen LogP contribution in [-0.2, 0) is 10.0 Å². The highest BCUT2D eigenvalue weighted by atomic mass is 32.2. The minimum atomic E-state index is -3.83. The molecule has 0 aliphatic carbocycles. The monoisotopic (exact) mass is 209 g/mol. The van der Waals surface area contributed by atoms with Gasteiger partial charge in [0.15, 0.2) is 0 Å². The lowest BCUT2D eigenvalue weighted by Gasteiger charge is -2.01. The summed E-state index contributed by atoms with van der Waals surface area (Å²) in [6.45, 7) is 0. The normalized spacial score (nSPS) is 10.6. The molecule has 0 radical (unpaired) electrons. The van der Waals surface area contributed by atoms with Crippen molar-refractivity contribution in [3.05, 3.63) is 29.3 Å². The van der Waals surface area contributed by atoms with E-state index in [9.17, 15) is 13.2 Å². The maximum atomic E-state index is 11.0. The molecule has 0 spiro atoms. The molecular formula is C9H7NO3S. The van der Waals surface area contributed by atoms with Gasteiger partial charge in [0, 0.05) is 11.1 Å². The standard InChI is InChI=1S/C9H7NO3S/c1-2-8-5-7(6-11)3-4-9(8)14(10,12)13/h1,3-6H,(H2,10,12,13). The smallest absolute Gasteiger partial charge is 0.239 e. The third kappa shape index (κ3) is 1.99. The molecule has 0 fully saturated rings. The molecule has 0 saturated carbocycles. The number of benzene rings is 1. The lowest BCUT2D eigenvalue weighted by molar-refractivity contribution is 0.112. The van der Waals surface area contributed by atoms with Crippen molar-refractivity contribution in [3.63, 3.8) is 0 Å². The van der Waals surface area contributed by atoms with E-state index in [2.05, 4.69) is 5.92 Å². The Morgan fingerprint density at radius 2 is 2.07 bits per heavy atom. The number of carbonyl (C=O) groups is 1. The van der Waals surface area contributed by atoms with Gasteiger partial charge in [-0.15, -0.1) is 6.42 Å². The highest BCUT2D eigenvalue weighted by Crippen LogP contribution is 2.14. The molecule has 1 aromatic carbocycles. The Balaban J connectivity index is 3.50. The summed E-state index contributed by atoms with van der Waals surface area (Å²) < 4.78 is 22.0. The van der Waals surface area contributed by atoms with Crippen LogP contribution in [-0.4, -0.2) is 14.7 Å². The van der Waals surface area contributed by atoms with Crippen LogP contribution in [0.1, 0.15) is 15.9 Å². The Hall–Kier alpha value is -1.64. The molecule has 0 heterocycles. The minimum absolute atomic E-state index is 0.0945. The van der Waals surface area contributed by atoms with Crippen LogP contribution >= 0.6 is 0 Å². The highest BCUT2D eigenvalue weighted by molar-refractivity contribution is 7.89. The SMILES string of the molecule is C#Cc1cc(C=O)ccc1S(N)(=O)=O. The van der Waals surface area contributed by atoms with Gasteiger partial charge in [0.2, 0.25) is 10.0 Å². The number of sulfonamides is 1. The zero-order chi connectivity index (χ0) is 10.8. The fourth-order valence-corrected chi connectivity index (χ4v) is 1.66. The van der Waals surface area contributed by atoms with Crippen molar-refractivity contribution in [3.8, 4) is 12.3 Å². The molecule has 0 aliphatic rings. The number of carbonyl (C=O) groups excluding carboxylic acids is 1. The van der Waals surface area contributed by atoms with E-state index >= 15 is 0 Å². The van der Waals surface area contributed by atoms with Gasteiger partial charge in [-0.05, 0) is 12.1 Å². The second-order valence-corrected chi connectivity index (χ2v) is 4.09. The third-order valence-electron chi connectivity index (χ3n) is 1.60. The van der Waals surface area contributed by atoms with Gasteiger partial charge in [0.25, 0.3) is 0 Å². The first kappa shape index (κ1) is 10.4. The third-order valence-corrected chi connectivity index (χ3v) is 2.57. The van der Waals surface area contributed by atoms with E-state index in [1.165, 1.54) is 18.2 Å². The van der Waals surface area contributed by atoms with Gasteiger partial charge in [-0.25, -0.2) is 13.6 Å². The van der Waals surface area contributed by atoms with E-state index in [1.54, 1.807) is 0 Å². The summed E-state index contributed by atoms with van der Waals surface area (Å²) in [6.07, 6.45) is 5.66. The number of hydrogen-bond acceptors (Lipinski definition) is 3. The quantitative estimate of drug-likeness (QED) is 0.555. The van der Waals surface area contributed by atoms with Crippen molar-refractivity contribution in [2.45, 2.75) is 4.90 Å². The van der Waals surface area contributed by atoms with E-state index in [-0.39, 0.29) is 10.5 Å². The van der Waals surface area contributed by atoms with Gasteiger partial charge in [0.05, 0.1) is 4.90 Å². The topological polar surface area (TPSA) is 77.2 Å². The summed E-state index contributed by atoms with van der Waals surface area (Å²) in [5.41, 5.74) is 0.405. The van der Waals surface area contributed by atoms with Crippen molar-refractivity contribution in [2.24, 2.45) is 5.14 Å². The Morgan fingerprint density at radius 1 is 1.43 bits per heavy atom. The van der Waals surface area contributed by atoms with Crippen LogP contribution in [0.2, 0.25) is 0 Å². The molecule has 0 saturated heterocycles. The summed E-state index contributed by atoms with van der Waals surface area (Å²) >= 11 is 0. The van der Waals surface area contributed by atoms with Crippen LogP contribution in [0.15, 0.2) is 23.1 Å². The van der Waals surface area contributed by atoms with Gasteiger partial charge >= 0.3 is 0 Å². The first-order valence-electron chi connectivity index (χ1n) is 3.57. The van der Waals surface area contributed by atoms with Crippen molar-refractivity contribution in [1.29, 1.82) is 0 Å². The van der Waals surface area contributed by atoms with E-state index < -0.39 is 10.0 Å². The van der Waals surface area contributed by atoms with Crippen LogP contribution in [0.5, 0.6) is 0 Å². The molecule has 4 nitrogen and oxygen atoms in total. The van der Waals surface area contributed by atoms with Crippen molar-refractivity contribution in [2.75, 3.05) is 0 Å². The van der Waals surface area contributed by atoms with Crippen LogP contribution in [0.3, 0.4) is 0 Å². The Morgan fingerprint density at radius 3 is 2.50 bits per heavy atom. The molecule has 0 aromatic heterocycles. The summed E-state index contributed by atoms with van der Waals surface area (Å²) in [5, 5.41) is 4.91. The zero-order valence-electron chi connectivity index (χ0n) is 7.10. The lowest BCUT2D eigenvalue weighted by Crippen LogP contribution is -2.13. The molecule has 2 N–H and O–H groups in total. The van der Waals surface area contributed by atoms with Crippen molar-refractivity contribution < 1.29 is 13.2 Å². The average Bonchev–Trinajstić information content (AvgIpc) is 2.15.